The molecule has 0 aromatic rings. The minimum absolute atomic E-state index is 0.386. The molecule has 0 aromatic carbocycles. The second-order valence-corrected chi connectivity index (χ2v) is 4.40. The molecule has 2 unspecified atom stereocenters. The molecule has 2 rings (SSSR count). The number of ether oxygens (including phenoxy) is 2. The number of hydrogen-bond donors (Lipinski definition) is 1. The predicted octanol–water partition coefficient (Wildman–Crippen LogP) is 1.70. The van der Waals surface area contributed by atoms with Crippen LogP contribution in [0.1, 0.15) is 25.7 Å². The molecule has 0 aromatic heterocycles. The van der Waals surface area contributed by atoms with Gasteiger partial charge in [0.25, 0.3) is 0 Å². The van der Waals surface area contributed by atoms with Crippen LogP contribution >= 0.6 is 0 Å². The minimum atomic E-state index is 0.386. The Kier molecular flexibility index (Phi) is 4.03. The van der Waals surface area contributed by atoms with Crippen LogP contribution in [0.15, 0.2) is 11.8 Å². The van der Waals surface area contributed by atoms with Crippen molar-refractivity contribution in [2.75, 3.05) is 26.9 Å². The van der Waals surface area contributed by atoms with Crippen molar-refractivity contribution in [2.45, 2.75) is 31.7 Å². The van der Waals surface area contributed by atoms with Gasteiger partial charge in [0.2, 0.25) is 0 Å². The van der Waals surface area contributed by atoms with Gasteiger partial charge in [-0.25, -0.2) is 0 Å². The van der Waals surface area contributed by atoms with E-state index in [-0.39, 0.29) is 0 Å². The maximum atomic E-state index is 5.70. The van der Waals surface area contributed by atoms with Crippen molar-refractivity contribution < 1.29 is 9.47 Å². The van der Waals surface area contributed by atoms with Crippen LogP contribution in [0.3, 0.4) is 0 Å². The number of rotatable bonds is 4. The van der Waals surface area contributed by atoms with Gasteiger partial charge in [0.05, 0.1) is 12.6 Å². The molecule has 1 N–H and O–H groups in total. The molecule has 0 radical (unpaired) electrons. The zero-order chi connectivity index (χ0) is 10.5. The lowest BCUT2D eigenvalue weighted by Gasteiger charge is -2.25. The predicted molar refractivity (Wildman–Crippen MR) is 59.7 cm³/mol. The molecule has 0 spiro atoms. The Balaban J connectivity index is 1.87. The third-order valence-electron chi connectivity index (χ3n) is 3.25. The first-order valence-corrected chi connectivity index (χ1v) is 5.98. The minimum Gasteiger partial charge on any atom is -0.497 e. The lowest BCUT2D eigenvalue weighted by molar-refractivity contribution is 0.154. The van der Waals surface area contributed by atoms with E-state index in [4.69, 9.17) is 9.47 Å². The molecule has 3 heteroatoms. The third-order valence-corrected chi connectivity index (χ3v) is 3.25. The average molecular weight is 211 g/mol. The van der Waals surface area contributed by atoms with E-state index in [1.54, 1.807) is 0 Å². The lowest BCUT2D eigenvalue weighted by atomic mass is 9.97. The Labute approximate surface area is 91.8 Å². The molecule has 3 nitrogen and oxygen atoms in total. The van der Waals surface area contributed by atoms with E-state index in [0.29, 0.717) is 12.0 Å². The molecule has 1 saturated heterocycles. The summed E-state index contributed by atoms with van der Waals surface area (Å²) in [7, 11) is 2.01. The van der Waals surface area contributed by atoms with E-state index in [2.05, 4.69) is 11.4 Å². The number of allylic oxidation sites excluding steroid dienone is 1. The van der Waals surface area contributed by atoms with Crippen molar-refractivity contribution in [1.82, 2.24) is 5.32 Å². The largest absolute Gasteiger partial charge is 0.497 e. The van der Waals surface area contributed by atoms with Crippen molar-refractivity contribution in [3.8, 4) is 0 Å². The van der Waals surface area contributed by atoms with E-state index in [9.17, 15) is 0 Å². The molecule has 0 amide bonds. The van der Waals surface area contributed by atoms with Crippen LogP contribution in [-0.2, 0) is 9.47 Å². The molecule has 0 saturated carbocycles. The Bertz CT molecular complexity index is 222. The van der Waals surface area contributed by atoms with Gasteiger partial charge in [-0.2, -0.15) is 0 Å². The highest BCUT2D eigenvalue weighted by Crippen LogP contribution is 2.23. The lowest BCUT2D eigenvalue weighted by Crippen LogP contribution is -2.32. The summed E-state index contributed by atoms with van der Waals surface area (Å²) in [5, 5.41) is 3.35. The van der Waals surface area contributed by atoms with Crippen molar-refractivity contribution >= 4 is 0 Å². The summed E-state index contributed by atoms with van der Waals surface area (Å²) in [5.74, 6) is 1.85. The van der Waals surface area contributed by atoms with Crippen LogP contribution in [0.2, 0.25) is 0 Å². The number of likely N-dealkylation sites (N-methyl/N-ethyl adjacent to an activating group) is 1. The molecule has 0 aliphatic carbocycles. The molecule has 15 heavy (non-hydrogen) atoms. The van der Waals surface area contributed by atoms with Gasteiger partial charge in [-0.05, 0) is 44.7 Å². The van der Waals surface area contributed by atoms with Crippen LogP contribution in [0.5, 0.6) is 0 Å². The highest BCUT2D eigenvalue weighted by Gasteiger charge is 2.23. The fourth-order valence-electron chi connectivity index (χ4n) is 2.30. The van der Waals surface area contributed by atoms with E-state index < -0.39 is 0 Å². The summed E-state index contributed by atoms with van der Waals surface area (Å²) in [5.41, 5.74) is 0. The second-order valence-electron chi connectivity index (χ2n) is 4.40. The maximum Gasteiger partial charge on any atom is 0.109 e. The molecular formula is C12H21NO2. The van der Waals surface area contributed by atoms with Crippen LogP contribution < -0.4 is 5.32 Å². The summed E-state index contributed by atoms with van der Waals surface area (Å²) < 4.78 is 11.1. The number of hydrogen-bond acceptors (Lipinski definition) is 3. The quantitative estimate of drug-likeness (QED) is 0.767. The van der Waals surface area contributed by atoms with E-state index in [1.165, 1.54) is 6.42 Å². The third kappa shape index (κ3) is 2.95. The summed E-state index contributed by atoms with van der Waals surface area (Å²) >= 11 is 0. The van der Waals surface area contributed by atoms with Crippen molar-refractivity contribution in [1.29, 1.82) is 0 Å². The van der Waals surface area contributed by atoms with Gasteiger partial charge in [-0.1, -0.05) is 0 Å². The van der Waals surface area contributed by atoms with Crippen LogP contribution in [0.25, 0.3) is 0 Å². The molecule has 0 bridgehead atoms. The fraction of sp³-hybridized carbons (Fsp3) is 0.833. The highest BCUT2D eigenvalue weighted by atomic mass is 16.5. The average Bonchev–Trinajstić information content (AvgIpc) is 2.80. The summed E-state index contributed by atoms with van der Waals surface area (Å²) in [4.78, 5) is 0. The van der Waals surface area contributed by atoms with Gasteiger partial charge in [-0.3, -0.25) is 0 Å². The van der Waals surface area contributed by atoms with Crippen molar-refractivity contribution in [3.05, 3.63) is 11.8 Å². The Morgan fingerprint density at radius 3 is 3.07 bits per heavy atom. The maximum absolute atomic E-state index is 5.70. The van der Waals surface area contributed by atoms with Gasteiger partial charge >= 0.3 is 0 Å². The van der Waals surface area contributed by atoms with Crippen molar-refractivity contribution in [2.24, 2.45) is 5.92 Å². The first-order valence-electron chi connectivity index (χ1n) is 5.98. The first-order chi connectivity index (χ1) is 7.40. The number of nitrogens with one attached hydrogen (secondary N) is 1. The topological polar surface area (TPSA) is 30.5 Å². The van der Waals surface area contributed by atoms with Crippen LogP contribution in [0.4, 0.5) is 0 Å². The normalized spacial score (nSPS) is 28.3. The van der Waals surface area contributed by atoms with Gasteiger partial charge < -0.3 is 14.8 Å². The van der Waals surface area contributed by atoms with Crippen LogP contribution in [0, 0.1) is 5.92 Å². The summed E-state index contributed by atoms with van der Waals surface area (Å²) in [6, 6.07) is 0.386. The first kappa shape index (κ1) is 11.0. The molecule has 2 aliphatic heterocycles. The van der Waals surface area contributed by atoms with Crippen LogP contribution in [-0.4, -0.2) is 32.9 Å². The van der Waals surface area contributed by atoms with Crippen molar-refractivity contribution in [3.63, 3.8) is 0 Å². The summed E-state index contributed by atoms with van der Waals surface area (Å²) in [6.45, 7) is 2.73. The van der Waals surface area contributed by atoms with E-state index in [0.717, 1.165) is 44.8 Å². The zero-order valence-electron chi connectivity index (χ0n) is 9.50. The Morgan fingerprint density at radius 2 is 2.47 bits per heavy atom. The second kappa shape index (κ2) is 5.52. The zero-order valence-corrected chi connectivity index (χ0v) is 9.50. The molecule has 1 fully saturated rings. The standard InChI is InChI=1S/C12H21NO2/c1-13-11(8-10-5-7-14-9-10)12-4-2-3-6-15-12/h4,10-11,13H,2-3,5-9H2,1H3. The van der Waals surface area contributed by atoms with Gasteiger partial charge in [0.15, 0.2) is 0 Å². The SMILES string of the molecule is CNC(CC1CCOC1)C1=CCCCO1. The van der Waals surface area contributed by atoms with Gasteiger partial charge in [-0.15, -0.1) is 0 Å². The molecule has 86 valence electrons. The Hall–Kier alpha value is -0.540. The molecule has 2 atom stereocenters. The highest BCUT2D eigenvalue weighted by molar-refractivity contribution is 5.05. The smallest absolute Gasteiger partial charge is 0.109 e. The van der Waals surface area contributed by atoms with E-state index in [1.807, 2.05) is 7.05 Å². The van der Waals surface area contributed by atoms with Gasteiger partial charge in [0.1, 0.15) is 5.76 Å². The molecule has 2 aliphatic rings. The summed E-state index contributed by atoms with van der Waals surface area (Å²) in [6.07, 6.45) is 6.90. The Morgan fingerprint density at radius 1 is 1.53 bits per heavy atom. The van der Waals surface area contributed by atoms with E-state index >= 15 is 0 Å². The monoisotopic (exact) mass is 211 g/mol. The molecular weight excluding hydrogens is 190 g/mol. The fourth-order valence-corrected chi connectivity index (χ4v) is 2.30. The van der Waals surface area contributed by atoms with Gasteiger partial charge in [0, 0.05) is 13.2 Å². The molecule has 2 heterocycles.